The molecule has 1 aromatic rings. The summed E-state index contributed by atoms with van der Waals surface area (Å²) < 4.78 is 0. The Labute approximate surface area is 111 Å². The maximum atomic E-state index is 8.63. The second-order valence-electron chi connectivity index (χ2n) is 4.13. The molecule has 0 saturated heterocycles. The van der Waals surface area contributed by atoms with Crippen LogP contribution in [0, 0.1) is 0 Å². The van der Waals surface area contributed by atoms with Crippen molar-refractivity contribution in [3.63, 3.8) is 0 Å². The minimum Gasteiger partial charge on any atom is -0.396 e. The number of unbranched alkanes of at least 4 members (excludes halogenated alkanes) is 2. The van der Waals surface area contributed by atoms with Crippen LogP contribution in [0.5, 0.6) is 0 Å². The summed E-state index contributed by atoms with van der Waals surface area (Å²) in [6.45, 7) is 4.48. The molecular formula is C14H24ClNO. The van der Waals surface area contributed by atoms with E-state index < -0.39 is 0 Å². The monoisotopic (exact) mass is 257 g/mol. The topological polar surface area (TPSA) is 32.3 Å². The highest BCUT2D eigenvalue weighted by molar-refractivity contribution is 5.85. The number of aliphatic hydroxyl groups is 1. The molecule has 0 saturated carbocycles. The molecule has 98 valence electrons. The van der Waals surface area contributed by atoms with Gasteiger partial charge in [0.05, 0.1) is 0 Å². The quantitative estimate of drug-likeness (QED) is 0.702. The van der Waals surface area contributed by atoms with Crippen molar-refractivity contribution in [1.82, 2.24) is 5.32 Å². The Hall–Kier alpha value is -0.570. The fourth-order valence-corrected chi connectivity index (χ4v) is 1.66. The number of nitrogens with one attached hydrogen (secondary N) is 1. The highest BCUT2D eigenvalue weighted by Crippen LogP contribution is 2.04. The van der Waals surface area contributed by atoms with Gasteiger partial charge in [-0.3, -0.25) is 0 Å². The summed E-state index contributed by atoms with van der Waals surface area (Å²) in [7, 11) is 0. The van der Waals surface area contributed by atoms with Gasteiger partial charge < -0.3 is 10.4 Å². The molecule has 0 bridgehead atoms. The van der Waals surface area contributed by atoms with Gasteiger partial charge in [0.25, 0.3) is 0 Å². The summed E-state index contributed by atoms with van der Waals surface area (Å²) in [6, 6.07) is 8.78. The first-order valence-corrected chi connectivity index (χ1v) is 6.26. The first-order valence-electron chi connectivity index (χ1n) is 6.26. The second kappa shape index (κ2) is 10.6. The summed E-state index contributed by atoms with van der Waals surface area (Å²) >= 11 is 0. The minimum atomic E-state index is 0. The molecule has 2 nitrogen and oxygen atoms in total. The highest BCUT2D eigenvalue weighted by atomic mass is 35.5. The van der Waals surface area contributed by atoms with Crippen molar-refractivity contribution < 1.29 is 5.11 Å². The molecule has 0 radical (unpaired) electrons. The lowest BCUT2D eigenvalue weighted by Gasteiger charge is -2.05. The van der Waals surface area contributed by atoms with Crippen LogP contribution in [0.1, 0.15) is 37.3 Å². The standard InChI is InChI=1S/C14H23NO.ClH/c1-2-13-6-8-14(9-7-13)12-15-10-4-3-5-11-16;/h6-9,15-16H,2-5,10-12H2,1H3;1H. The SMILES string of the molecule is CCc1ccc(CNCCCCCO)cc1.Cl. The number of aliphatic hydroxyl groups excluding tert-OH is 1. The van der Waals surface area contributed by atoms with Crippen LogP contribution < -0.4 is 5.32 Å². The minimum absolute atomic E-state index is 0. The van der Waals surface area contributed by atoms with E-state index in [2.05, 4.69) is 36.5 Å². The Kier molecular flexibility index (Phi) is 10.2. The van der Waals surface area contributed by atoms with Gasteiger partial charge in [-0.25, -0.2) is 0 Å². The number of rotatable bonds is 8. The summed E-state index contributed by atoms with van der Waals surface area (Å²) in [5.74, 6) is 0. The average Bonchev–Trinajstić information content (AvgIpc) is 2.34. The Balaban J connectivity index is 0.00000256. The van der Waals surface area contributed by atoms with Crippen LogP contribution >= 0.6 is 12.4 Å². The zero-order chi connectivity index (χ0) is 11.6. The Bertz CT molecular complexity index is 274. The molecule has 1 rings (SSSR count). The van der Waals surface area contributed by atoms with Gasteiger partial charge in [-0.1, -0.05) is 31.2 Å². The van der Waals surface area contributed by atoms with Gasteiger partial charge in [-0.05, 0) is 43.4 Å². The molecule has 0 heterocycles. The van der Waals surface area contributed by atoms with Gasteiger partial charge in [0.1, 0.15) is 0 Å². The molecule has 0 atom stereocenters. The molecule has 0 aromatic heterocycles. The molecule has 0 aliphatic heterocycles. The summed E-state index contributed by atoms with van der Waals surface area (Å²) in [4.78, 5) is 0. The molecule has 0 unspecified atom stereocenters. The summed E-state index contributed by atoms with van der Waals surface area (Å²) in [5, 5.41) is 12.0. The first kappa shape index (κ1) is 16.4. The van der Waals surface area contributed by atoms with Crippen LogP contribution in [0.15, 0.2) is 24.3 Å². The molecule has 0 aliphatic rings. The van der Waals surface area contributed by atoms with Crippen LogP contribution in [-0.4, -0.2) is 18.3 Å². The second-order valence-corrected chi connectivity index (χ2v) is 4.13. The smallest absolute Gasteiger partial charge is 0.0431 e. The molecule has 1 aromatic carbocycles. The average molecular weight is 258 g/mol. The number of benzene rings is 1. The Morgan fingerprint density at radius 1 is 1.00 bits per heavy atom. The van der Waals surface area contributed by atoms with E-state index in [9.17, 15) is 0 Å². The maximum Gasteiger partial charge on any atom is 0.0431 e. The van der Waals surface area contributed by atoms with E-state index in [1.807, 2.05) is 0 Å². The molecule has 17 heavy (non-hydrogen) atoms. The number of hydrogen-bond acceptors (Lipinski definition) is 2. The number of hydrogen-bond donors (Lipinski definition) is 2. The van der Waals surface area contributed by atoms with Crippen LogP contribution in [0.25, 0.3) is 0 Å². The van der Waals surface area contributed by atoms with E-state index in [0.29, 0.717) is 6.61 Å². The van der Waals surface area contributed by atoms with Crippen molar-refractivity contribution >= 4 is 12.4 Å². The predicted molar refractivity (Wildman–Crippen MR) is 75.7 cm³/mol. The van der Waals surface area contributed by atoms with Gasteiger partial charge in [-0.15, -0.1) is 12.4 Å². The first-order chi connectivity index (χ1) is 7.86. The van der Waals surface area contributed by atoms with E-state index in [1.165, 1.54) is 11.1 Å². The van der Waals surface area contributed by atoms with Crippen molar-refractivity contribution in [3.05, 3.63) is 35.4 Å². The van der Waals surface area contributed by atoms with Crippen LogP contribution in [-0.2, 0) is 13.0 Å². The van der Waals surface area contributed by atoms with E-state index >= 15 is 0 Å². The number of aryl methyl sites for hydroxylation is 1. The molecule has 0 amide bonds. The van der Waals surface area contributed by atoms with Gasteiger partial charge in [-0.2, -0.15) is 0 Å². The molecular weight excluding hydrogens is 234 g/mol. The molecule has 0 aliphatic carbocycles. The van der Waals surface area contributed by atoms with Gasteiger partial charge in [0.2, 0.25) is 0 Å². The van der Waals surface area contributed by atoms with Crippen molar-refractivity contribution in [1.29, 1.82) is 0 Å². The number of halogens is 1. The predicted octanol–water partition coefficient (Wildman–Crippen LogP) is 2.92. The third kappa shape index (κ3) is 7.37. The van der Waals surface area contributed by atoms with E-state index in [4.69, 9.17) is 5.11 Å². The van der Waals surface area contributed by atoms with Crippen molar-refractivity contribution in [2.24, 2.45) is 0 Å². The van der Waals surface area contributed by atoms with Crippen LogP contribution in [0.4, 0.5) is 0 Å². The highest BCUT2D eigenvalue weighted by Gasteiger charge is 1.93. The third-order valence-electron chi connectivity index (χ3n) is 2.77. The lowest BCUT2D eigenvalue weighted by atomic mass is 10.1. The molecule has 3 heteroatoms. The Morgan fingerprint density at radius 3 is 2.24 bits per heavy atom. The van der Waals surface area contributed by atoms with Gasteiger partial charge in [0, 0.05) is 13.2 Å². The lowest BCUT2D eigenvalue weighted by Crippen LogP contribution is -2.14. The van der Waals surface area contributed by atoms with Gasteiger partial charge in [0.15, 0.2) is 0 Å². The molecule has 0 fully saturated rings. The fourth-order valence-electron chi connectivity index (χ4n) is 1.66. The van der Waals surface area contributed by atoms with Gasteiger partial charge >= 0.3 is 0 Å². The molecule has 2 N–H and O–H groups in total. The van der Waals surface area contributed by atoms with Crippen molar-refractivity contribution in [2.45, 2.75) is 39.2 Å². The van der Waals surface area contributed by atoms with Crippen molar-refractivity contribution in [3.8, 4) is 0 Å². The maximum absolute atomic E-state index is 8.63. The van der Waals surface area contributed by atoms with E-state index in [0.717, 1.165) is 38.8 Å². The van der Waals surface area contributed by atoms with E-state index in [-0.39, 0.29) is 12.4 Å². The van der Waals surface area contributed by atoms with Crippen LogP contribution in [0.3, 0.4) is 0 Å². The van der Waals surface area contributed by atoms with Crippen LogP contribution in [0.2, 0.25) is 0 Å². The Morgan fingerprint density at radius 2 is 1.65 bits per heavy atom. The zero-order valence-corrected chi connectivity index (χ0v) is 11.4. The molecule has 0 spiro atoms. The largest absolute Gasteiger partial charge is 0.396 e. The van der Waals surface area contributed by atoms with E-state index in [1.54, 1.807) is 0 Å². The lowest BCUT2D eigenvalue weighted by molar-refractivity contribution is 0.283. The summed E-state index contributed by atoms with van der Waals surface area (Å²) in [5.41, 5.74) is 2.74. The normalized spacial score (nSPS) is 10.0. The van der Waals surface area contributed by atoms with Crippen molar-refractivity contribution in [2.75, 3.05) is 13.2 Å². The third-order valence-corrected chi connectivity index (χ3v) is 2.77. The summed E-state index contributed by atoms with van der Waals surface area (Å²) in [6.07, 6.45) is 4.29. The fraction of sp³-hybridized carbons (Fsp3) is 0.571. The zero-order valence-electron chi connectivity index (χ0n) is 10.6.